The third kappa shape index (κ3) is 9.28. The molecule has 3 aromatic carbocycles. The molecule has 1 aliphatic heterocycles. The fraction of sp³-hybridized carbons (Fsp3) is 0.333. The van der Waals surface area contributed by atoms with Gasteiger partial charge in [0.1, 0.15) is 11.9 Å². The molecule has 3 amide bonds. The number of nitrogens with two attached hydrogens (primary N) is 1. The second-order valence-electron chi connectivity index (χ2n) is 12.8. The molecule has 1 aromatic heterocycles. The number of aliphatic carboxylic acids is 1. The number of benzene rings is 3. The van der Waals surface area contributed by atoms with Gasteiger partial charge in [0.2, 0.25) is 5.91 Å². The average Bonchev–Trinajstić information content (AvgIpc) is 3.60. The number of nitrogens with one attached hydrogen (secondary N) is 2. The number of pyridine rings is 1. The summed E-state index contributed by atoms with van der Waals surface area (Å²) in [5.74, 6) is -3.32. The Kier molecular flexibility index (Phi) is 12.6. The Balaban J connectivity index is 0.000000845. The molecule has 0 saturated carbocycles. The molecule has 13 nitrogen and oxygen atoms in total. The van der Waals surface area contributed by atoms with Crippen molar-refractivity contribution < 1.29 is 50.2 Å². The van der Waals surface area contributed by atoms with Crippen molar-refractivity contribution in [3.63, 3.8) is 0 Å². The molecule has 290 valence electrons. The molecule has 0 radical (unpaired) electrons. The van der Waals surface area contributed by atoms with Gasteiger partial charge in [-0.25, -0.2) is 27.4 Å². The zero-order chi connectivity index (χ0) is 40.1. The van der Waals surface area contributed by atoms with Gasteiger partial charge in [0.15, 0.2) is 21.4 Å². The maximum absolute atomic E-state index is 14.7. The monoisotopic (exact) mass is 776 g/mol. The minimum absolute atomic E-state index is 0.0212. The molecule has 0 spiro atoms. The van der Waals surface area contributed by atoms with Crippen LogP contribution in [0.1, 0.15) is 49.9 Å². The van der Waals surface area contributed by atoms with Crippen LogP contribution in [0, 0.1) is 5.82 Å². The number of likely N-dealkylation sites (tertiary alicyclic amines) is 1. The fourth-order valence-electron chi connectivity index (χ4n) is 5.76. The molecule has 1 saturated heterocycles. The predicted octanol–water partition coefficient (Wildman–Crippen LogP) is 6.39. The van der Waals surface area contributed by atoms with Crippen molar-refractivity contribution in [1.29, 1.82) is 0 Å². The summed E-state index contributed by atoms with van der Waals surface area (Å²) in [5, 5.41) is 14.1. The van der Waals surface area contributed by atoms with E-state index in [1.807, 2.05) is 18.2 Å². The Morgan fingerprint density at radius 3 is 2.31 bits per heavy atom. The zero-order valence-electron chi connectivity index (χ0n) is 29.9. The van der Waals surface area contributed by atoms with Crippen LogP contribution in [-0.4, -0.2) is 85.4 Å². The Morgan fingerprint density at radius 2 is 1.70 bits per heavy atom. The van der Waals surface area contributed by atoms with Gasteiger partial charge in [-0.2, -0.15) is 13.2 Å². The third-order valence-electron chi connectivity index (χ3n) is 8.59. The van der Waals surface area contributed by atoms with Gasteiger partial charge in [-0.3, -0.25) is 4.79 Å². The minimum atomic E-state index is -5.08. The number of halogens is 4. The maximum atomic E-state index is 14.7. The van der Waals surface area contributed by atoms with E-state index in [1.165, 1.54) is 36.3 Å². The number of sulfone groups is 1. The number of methoxy groups -OCH3 is 1. The van der Waals surface area contributed by atoms with Crippen LogP contribution in [0.5, 0.6) is 5.75 Å². The highest BCUT2D eigenvalue weighted by Crippen LogP contribution is 2.40. The maximum Gasteiger partial charge on any atom is 0.490 e. The largest absolute Gasteiger partial charge is 0.494 e. The highest BCUT2D eigenvalue weighted by molar-refractivity contribution is 7.92. The molecule has 2 heterocycles. The number of carboxylic acid groups (broad SMARTS) is 1. The minimum Gasteiger partial charge on any atom is -0.494 e. The van der Waals surface area contributed by atoms with Gasteiger partial charge < -0.3 is 36.0 Å². The van der Waals surface area contributed by atoms with E-state index in [4.69, 9.17) is 20.4 Å². The SMILES string of the molecule is COc1cc([C@@H](Nc2ccc3c(N)nccc3c2)C(=O)N2CCC[C@@H]2c2cc(NC(=O)N(C)C)ccc2S(=O)(=O)C(C)C)ccc1F.O=C(O)C(F)(F)F. The lowest BCUT2D eigenvalue weighted by molar-refractivity contribution is -0.192. The number of fused-ring (bicyclic) bond motifs is 1. The van der Waals surface area contributed by atoms with Gasteiger partial charge >= 0.3 is 18.2 Å². The fourth-order valence-corrected chi connectivity index (χ4v) is 7.05. The Morgan fingerprint density at radius 1 is 1.04 bits per heavy atom. The lowest BCUT2D eigenvalue weighted by Gasteiger charge is -2.32. The topological polar surface area (TPSA) is 184 Å². The van der Waals surface area contributed by atoms with Gasteiger partial charge in [-0.1, -0.05) is 6.07 Å². The normalized spacial score (nSPS) is 14.9. The van der Waals surface area contributed by atoms with E-state index in [2.05, 4.69) is 15.6 Å². The van der Waals surface area contributed by atoms with E-state index >= 15 is 0 Å². The summed E-state index contributed by atoms with van der Waals surface area (Å²) >= 11 is 0. The first-order valence-electron chi connectivity index (χ1n) is 16.5. The molecule has 0 unspecified atom stereocenters. The van der Waals surface area contributed by atoms with Crippen LogP contribution in [0.4, 0.5) is 39.5 Å². The lowest BCUT2D eigenvalue weighted by atomic mass is 10.0. The van der Waals surface area contributed by atoms with Crippen molar-refractivity contribution in [2.75, 3.05) is 44.1 Å². The molecule has 54 heavy (non-hydrogen) atoms. The summed E-state index contributed by atoms with van der Waals surface area (Å²) in [6, 6.07) is 14.2. The number of nitrogen functional groups attached to an aromatic ring is 1. The highest BCUT2D eigenvalue weighted by atomic mass is 32.2. The van der Waals surface area contributed by atoms with Crippen molar-refractivity contribution in [1.82, 2.24) is 14.8 Å². The number of hydrogen-bond acceptors (Lipinski definition) is 9. The summed E-state index contributed by atoms with van der Waals surface area (Å²) in [6.45, 7) is 3.57. The van der Waals surface area contributed by atoms with Gasteiger partial charge in [0.05, 0.1) is 23.3 Å². The van der Waals surface area contributed by atoms with Crippen LogP contribution in [0.2, 0.25) is 0 Å². The van der Waals surface area contributed by atoms with Crippen LogP contribution in [-0.2, 0) is 19.4 Å². The first-order chi connectivity index (χ1) is 25.3. The van der Waals surface area contributed by atoms with Crippen LogP contribution in [0.3, 0.4) is 0 Å². The summed E-state index contributed by atoms with van der Waals surface area (Å²) in [4.78, 5) is 43.3. The first-order valence-corrected chi connectivity index (χ1v) is 18.0. The number of ether oxygens (including phenoxy) is 1. The van der Waals surface area contributed by atoms with Crippen LogP contribution in [0.25, 0.3) is 10.8 Å². The van der Waals surface area contributed by atoms with E-state index in [9.17, 15) is 35.6 Å². The van der Waals surface area contributed by atoms with E-state index in [1.54, 1.807) is 57.2 Å². The van der Waals surface area contributed by atoms with Crippen LogP contribution in [0.15, 0.2) is 71.8 Å². The third-order valence-corrected chi connectivity index (χ3v) is 10.8. The van der Waals surface area contributed by atoms with Gasteiger partial charge in [-0.15, -0.1) is 0 Å². The van der Waals surface area contributed by atoms with E-state index in [0.29, 0.717) is 47.7 Å². The molecule has 5 rings (SSSR count). The molecular weight excluding hydrogens is 736 g/mol. The summed E-state index contributed by atoms with van der Waals surface area (Å²) in [6.07, 6.45) is -2.37. The molecule has 0 aliphatic carbocycles. The van der Waals surface area contributed by atoms with Gasteiger partial charge in [0.25, 0.3) is 0 Å². The van der Waals surface area contributed by atoms with Crippen molar-refractivity contribution >= 4 is 55.7 Å². The molecule has 2 atom stereocenters. The molecule has 0 bridgehead atoms. The number of anilines is 3. The van der Waals surface area contributed by atoms with Gasteiger partial charge in [-0.05, 0) is 97.8 Å². The molecule has 5 N–H and O–H groups in total. The molecular formula is C36H40F4N6O7S. The Hall–Kier alpha value is -5.65. The number of urea groups is 1. The van der Waals surface area contributed by atoms with E-state index in [-0.39, 0.29) is 22.6 Å². The average molecular weight is 777 g/mol. The van der Waals surface area contributed by atoms with Crippen LogP contribution < -0.4 is 21.1 Å². The standard InChI is InChI=1S/C34H39FN6O5S.C2HF3O2/c1-20(2)47(44,45)30-13-10-24(39-34(43)40(3)4)19-26(30)28-7-6-16-41(28)33(42)31(22-8-12-27(35)29(18-22)46-5)38-23-9-11-25-21(17-23)14-15-37-32(25)36;3-2(4,5)1(6)7/h8-15,17-20,28,31,38H,6-7,16H2,1-5H3,(H2,36,37)(H,39,43);(H,6,7)/t28-,31-;/m1./s1. The Bertz CT molecular complexity index is 2150. The number of carboxylic acids is 1. The number of rotatable bonds is 9. The second kappa shape index (κ2) is 16.6. The molecule has 1 fully saturated rings. The van der Waals surface area contributed by atoms with Crippen molar-refractivity contribution in [2.45, 2.75) is 55.1 Å². The number of amides is 3. The van der Waals surface area contributed by atoms with Crippen molar-refractivity contribution in [3.8, 4) is 5.75 Å². The second-order valence-corrected chi connectivity index (χ2v) is 15.2. The van der Waals surface area contributed by atoms with Crippen molar-refractivity contribution in [3.05, 3.63) is 83.8 Å². The predicted molar refractivity (Wildman–Crippen MR) is 194 cm³/mol. The highest BCUT2D eigenvalue weighted by Gasteiger charge is 2.39. The number of carbonyl (C=O) groups is 3. The number of alkyl halides is 3. The zero-order valence-corrected chi connectivity index (χ0v) is 30.8. The van der Waals surface area contributed by atoms with Crippen LogP contribution >= 0.6 is 0 Å². The summed E-state index contributed by atoms with van der Waals surface area (Å²) < 4.78 is 78.6. The summed E-state index contributed by atoms with van der Waals surface area (Å²) in [5.41, 5.74) is 7.94. The number of hydrogen-bond donors (Lipinski definition) is 4. The van der Waals surface area contributed by atoms with Gasteiger partial charge in [0, 0.05) is 43.6 Å². The molecule has 1 aliphatic rings. The van der Waals surface area contributed by atoms with E-state index < -0.39 is 45.1 Å². The lowest BCUT2D eigenvalue weighted by Crippen LogP contribution is -2.38. The number of carbonyl (C=O) groups excluding carboxylic acids is 2. The molecule has 18 heteroatoms. The molecule has 4 aromatic rings. The van der Waals surface area contributed by atoms with E-state index in [0.717, 1.165) is 10.8 Å². The quantitative estimate of drug-likeness (QED) is 0.139. The number of nitrogens with zero attached hydrogens (tertiary/aromatic N) is 3. The Labute approximate surface area is 309 Å². The summed E-state index contributed by atoms with van der Waals surface area (Å²) in [7, 11) is 0.788. The van der Waals surface area contributed by atoms with Crippen molar-refractivity contribution in [2.24, 2.45) is 0 Å². The first kappa shape index (κ1) is 41.1. The smallest absolute Gasteiger partial charge is 0.490 e. The number of aromatic nitrogens is 1.